The number of ether oxygens (including phenoxy) is 1. The van der Waals surface area contributed by atoms with Gasteiger partial charge in [0.2, 0.25) is 0 Å². The maximum absolute atomic E-state index is 12.5. The number of hydrogen-bond acceptors (Lipinski definition) is 6. The number of nitrogens with one attached hydrogen (secondary N) is 1. The van der Waals surface area contributed by atoms with E-state index in [1.807, 2.05) is 0 Å². The molecule has 0 bridgehead atoms. The van der Waals surface area contributed by atoms with Gasteiger partial charge in [-0.05, 0) is 38.0 Å². The van der Waals surface area contributed by atoms with Crippen LogP contribution in [0.4, 0.5) is 10.5 Å². The molecule has 0 saturated carbocycles. The third kappa shape index (κ3) is 5.43. The van der Waals surface area contributed by atoms with Crippen molar-refractivity contribution in [3.8, 4) is 0 Å². The van der Waals surface area contributed by atoms with Crippen molar-refractivity contribution in [2.75, 3.05) is 31.3 Å². The van der Waals surface area contributed by atoms with Crippen LogP contribution in [0.1, 0.15) is 30.1 Å². The van der Waals surface area contributed by atoms with E-state index in [2.05, 4.69) is 5.32 Å². The number of carboxylic acid groups (broad SMARTS) is 1. The van der Waals surface area contributed by atoms with Crippen LogP contribution in [0.25, 0.3) is 0 Å². The predicted octanol–water partition coefficient (Wildman–Crippen LogP) is 1.60. The smallest absolute Gasteiger partial charge is 0.338 e. The first-order valence-corrected chi connectivity index (χ1v) is 10.3. The molecule has 27 heavy (non-hydrogen) atoms. The van der Waals surface area contributed by atoms with Crippen LogP contribution in [0, 0.1) is 5.92 Å². The molecule has 1 aromatic rings. The summed E-state index contributed by atoms with van der Waals surface area (Å²) in [6.07, 6.45) is 2.04. The Kier molecular flexibility index (Phi) is 6.42. The molecule has 0 radical (unpaired) electrons. The number of benzene rings is 1. The minimum atomic E-state index is -3.63. The van der Waals surface area contributed by atoms with Gasteiger partial charge in [0.25, 0.3) is 0 Å². The number of sulfone groups is 1. The van der Waals surface area contributed by atoms with Crippen LogP contribution in [0.3, 0.4) is 0 Å². The van der Waals surface area contributed by atoms with E-state index >= 15 is 0 Å². The molecule has 1 saturated heterocycles. The maximum Gasteiger partial charge on any atom is 0.338 e. The highest BCUT2D eigenvalue weighted by atomic mass is 32.2. The number of likely N-dealkylation sites (tertiary alicyclic amines) is 1. The summed E-state index contributed by atoms with van der Waals surface area (Å²) in [7, 11) is -3.63. The molecule has 1 atom stereocenters. The van der Waals surface area contributed by atoms with Crippen molar-refractivity contribution in [1.29, 1.82) is 0 Å². The average molecular weight is 398 g/mol. The molecule has 1 aliphatic heterocycles. The standard InChI is InChI=1S/C17H22N2O7S/c1-3-26-16(22)12-7-13(9-14(8-12)27(2,24)25)18-17(23)19-6-4-5-11(10-19)15(20)21/h7-9,11H,3-6,10H2,1-2H3,(H,18,23)(H,20,21). The lowest BCUT2D eigenvalue weighted by molar-refractivity contribution is -0.143. The molecule has 10 heteroatoms. The lowest BCUT2D eigenvalue weighted by Gasteiger charge is -2.30. The number of hydrogen-bond donors (Lipinski definition) is 2. The number of urea groups is 1. The average Bonchev–Trinajstić information content (AvgIpc) is 2.61. The summed E-state index contributed by atoms with van der Waals surface area (Å²) in [6.45, 7) is 2.20. The van der Waals surface area contributed by atoms with Gasteiger partial charge in [0, 0.05) is 25.0 Å². The van der Waals surface area contributed by atoms with Gasteiger partial charge in [-0.3, -0.25) is 4.79 Å². The van der Waals surface area contributed by atoms with Gasteiger partial charge < -0.3 is 20.1 Å². The van der Waals surface area contributed by atoms with Gasteiger partial charge in [-0.2, -0.15) is 0 Å². The molecule has 1 aliphatic rings. The van der Waals surface area contributed by atoms with E-state index in [1.54, 1.807) is 6.92 Å². The minimum Gasteiger partial charge on any atom is -0.481 e. The number of anilines is 1. The molecule has 9 nitrogen and oxygen atoms in total. The Morgan fingerprint density at radius 3 is 2.59 bits per heavy atom. The third-order valence-electron chi connectivity index (χ3n) is 4.15. The van der Waals surface area contributed by atoms with E-state index in [0.717, 1.165) is 6.26 Å². The van der Waals surface area contributed by atoms with E-state index in [1.165, 1.54) is 23.1 Å². The molecule has 2 N–H and O–H groups in total. The van der Waals surface area contributed by atoms with Crippen molar-refractivity contribution >= 4 is 33.5 Å². The monoisotopic (exact) mass is 398 g/mol. The molecule has 0 aromatic heterocycles. The van der Waals surface area contributed by atoms with Crippen LogP contribution >= 0.6 is 0 Å². The summed E-state index contributed by atoms with van der Waals surface area (Å²) in [4.78, 5) is 36.8. The second kappa shape index (κ2) is 8.38. The van der Waals surface area contributed by atoms with Crippen molar-refractivity contribution < 1.29 is 32.6 Å². The van der Waals surface area contributed by atoms with Crippen LogP contribution in [0.5, 0.6) is 0 Å². The zero-order chi connectivity index (χ0) is 20.2. The molecular weight excluding hydrogens is 376 g/mol. The summed E-state index contributed by atoms with van der Waals surface area (Å²) in [5.74, 6) is -2.31. The fraction of sp³-hybridized carbons (Fsp3) is 0.471. The molecule has 2 amide bonds. The quantitative estimate of drug-likeness (QED) is 0.720. The second-order valence-electron chi connectivity index (χ2n) is 6.29. The van der Waals surface area contributed by atoms with Crippen molar-refractivity contribution in [1.82, 2.24) is 4.90 Å². The number of piperidine rings is 1. The van der Waals surface area contributed by atoms with Crippen molar-refractivity contribution in [3.05, 3.63) is 23.8 Å². The van der Waals surface area contributed by atoms with Gasteiger partial charge in [-0.15, -0.1) is 0 Å². The normalized spacial score (nSPS) is 17.3. The second-order valence-corrected chi connectivity index (χ2v) is 8.31. The Balaban J connectivity index is 2.26. The van der Waals surface area contributed by atoms with Crippen LogP contribution in [0.2, 0.25) is 0 Å². The van der Waals surface area contributed by atoms with Crippen LogP contribution in [-0.4, -0.2) is 62.3 Å². The first-order chi connectivity index (χ1) is 12.6. The predicted molar refractivity (Wildman–Crippen MR) is 96.5 cm³/mol. The fourth-order valence-electron chi connectivity index (χ4n) is 2.78. The van der Waals surface area contributed by atoms with E-state index < -0.39 is 33.7 Å². The number of carbonyl (C=O) groups excluding carboxylic acids is 2. The summed E-state index contributed by atoms with van der Waals surface area (Å²) >= 11 is 0. The minimum absolute atomic E-state index is 0.00266. The van der Waals surface area contributed by atoms with Gasteiger partial charge in [0.1, 0.15) is 0 Å². The van der Waals surface area contributed by atoms with E-state index in [9.17, 15) is 22.8 Å². The zero-order valence-corrected chi connectivity index (χ0v) is 15.9. The van der Waals surface area contributed by atoms with E-state index in [4.69, 9.17) is 9.84 Å². The number of carboxylic acids is 1. The fourth-order valence-corrected chi connectivity index (χ4v) is 3.47. The summed E-state index contributed by atoms with van der Waals surface area (Å²) in [5.41, 5.74) is 0.112. The first kappa shape index (κ1) is 20.7. The Labute approximate surface area is 157 Å². The van der Waals surface area contributed by atoms with Crippen molar-refractivity contribution in [2.24, 2.45) is 5.92 Å². The number of carbonyl (C=O) groups is 3. The Hall–Kier alpha value is -2.62. The molecule has 2 rings (SSSR count). The van der Waals surface area contributed by atoms with E-state index in [0.29, 0.717) is 19.4 Å². The topological polar surface area (TPSA) is 130 Å². The lowest BCUT2D eigenvalue weighted by Crippen LogP contribution is -2.44. The maximum atomic E-state index is 12.5. The highest BCUT2D eigenvalue weighted by Gasteiger charge is 2.28. The lowest BCUT2D eigenvalue weighted by atomic mass is 9.99. The number of nitrogens with zero attached hydrogens (tertiary/aromatic N) is 1. The molecule has 0 aliphatic carbocycles. The van der Waals surface area contributed by atoms with Crippen molar-refractivity contribution in [2.45, 2.75) is 24.7 Å². The van der Waals surface area contributed by atoms with Crippen LogP contribution in [0.15, 0.2) is 23.1 Å². The molecule has 1 fully saturated rings. The van der Waals surface area contributed by atoms with Gasteiger partial charge in [-0.25, -0.2) is 18.0 Å². The third-order valence-corrected chi connectivity index (χ3v) is 5.25. The Morgan fingerprint density at radius 2 is 2.00 bits per heavy atom. The summed E-state index contributed by atoms with van der Waals surface area (Å²) in [5, 5.41) is 11.7. The summed E-state index contributed by atoms with van der Waals surface area (Å²) < 4.78 is 28.7. The largest absolute Gasteiger partial charge is 0.481 e. The molecule has 1 aromatic carbocycles. The van der Waals surface area contributed by atoms with Crippen molar-refractivity contribution in [3.63, 3.8) is 0 Å². The van der Waals surface area contributed by atoms with Gasteiger partial charge in [0.15, 0.2) is 9.84 Å². The first-order valence-electron chi connectivity index (χ1n) is 8.42. The molecule has 1 unspecified atom stereocenters. The summed E-state index contributed by atoms with van der Waals surface area (Å²) in [6, 6.07) is 3.20. The highest BCUT2D eigenvalue weighted by molar-refractivity contribution is 7.90. The molecule has 0 spiro atoms. The Bertz CT molecular complexity index is 851. The van der Waals surface area contributed by atoms with Gasteiger partial charge in [-0.1, -0.05) is 0 Å². The molecule has 148 valence electrons. The van der Waals surface area contributed by atoms with Gasteiger partial charge in [0.05, 0.1) is 23.0 Å². The highest BCUT2D eigenvalue weighted by Crippen LogP contribution is 2.22. The van der Waals surface area contributed by atoms with Crippen LogP contribution < -0.4 is 5.32 Å². The van der Waals surface area contributed by atoms with Crippen LogP contribution in [-0.2, 0) is 19.4 Å². The molecule has 1 heterocycles. The van der Waals surface area contributed by atoms with E-state index in [-0.39, 0.29) is 29.3 Å². The van der Waals surface area contributed by atoms with Gasteiger partial charge >= 0.3 is 18.0 Å². The SMILES string of the molecule is CCOC(=O)c1cc(NC(=O)N2CCCC(C(=O)O)C2)cc(S(C)(=O)=O)c1. The zero-order valence-electron chi connectivity index (χ0n) is 15.1. The number of amides is 2. The molecular formula is C17H22N2O7S. The number of esters is 1. The number of aliphatic carboxylic acids is 1. The Morgan fingerprint density at radius 1 is 1.30 bits per heavy atom. The number of rotatable bonds is 5.